The van der Waals surface area contributed by atoms with Gasteiger partial charge in [-0.2, -0.15) is 0 Å². The molecular formula is C10H14N2O2. The van der Waals surface area contributed by atoms with Crippen LogP contribution >= 0.6 is 0 Å². The molecule has 0 atom stereocenters. The molecule has 0 aromatic carbocycles. The molecule has 1 rings (SSSR count). The van der Waals surface area contributed by atoms with Gasteiger partial charge in [0.25, 0.3) is 0 Å². The maximum Gasteiger partial charge on any atom is 0.356 e. The number of hydrogen-bond donors (Lipinski definition) is 1. The average molecular weight is 194 g/mol. The highest BCUT2D eigenvalue weighted by atomic mass is 16.4. The number of carbonyl (C=O) groups is 1. The van der Waals surface area contributed by atoms with E-state index >= 15 is 0 Å². The molecule has 0 radical (unpaired) electrons. The van der Waals surface area contributed by atoms with Crippen molar-refractivity contribution in [1.29, 1.82) is 0 Å². The summed E-state index contributed by atoms with van der Waals surface area (Å²) in [7, 11) is 0. The molecule has 0 spiro atoms. The number of aromatic nitrogens is 2. The van der Waals surface area contributed by atoms with Crippen molar-refractivity contribution in [2.75, 3.05) is 0 Å². The zero-order valence-electron chi connectivity index (χ0n) is 8.83. The molecule has 0 unspecified atom stereocenters. The van der Waals surface area contributed by atoms with Crippen LogP contribution in [-0.2, 0) is 5.41 Å². The van der Waals surface area contributed by atoms with Crippen LogP contribution in [0.25, 0.3) is 0 Å². The van der Waals surface area contributed by atoms with Crippen molar-refractivity contribution in [3.8, 4) is 0 Å². The van der Waals surface area contributed by atoms with Gasteiger partial charge in [0.05, 0.1) is 11.4 Å². The quantitative estimate of drug-likeness (QED) is 0.740. The summed E-state index contributed by atoms with van der Waals surface area (Å²) in [4.78, 5) is 18.9. The van der Waals surface area contributed by atoms with E-state index in [1.807, 2.05) is 20.8 Å². The first-order chi connectivity index (χ1) is 6.32. The van der Waals surface area contributed by atoms with E-state index < -0.39 is 5.97 Å². The van der Waals surface area contributed by atoms with Gasteiger partial charge in [0, 0.05) is 11.6 Å². The van der Waals surface area contributed by atoms with Crippen molar-refractivity contribution in [2.24, 2.45) is 0 Å². The normalized spacial score (nSPS) is 11.4. The fourth-order valence-electron chi connectivity index (χ4n) is 1.01. The van der Waals surface area contributed by atoms with Crippen LogP contribution in [0.5, 0.6) is 0 Å². The highest BCUT2D eigenvalue weighted by Gasteiger charge is 2.19. The molecule has 1 aromatic heterocycles. The first-order valence-electron chi connectivity index (χ1n) is 4.40. The van der Waals surface area contributed by atoms with Gasteiger partial charge in [0.1, 0.15) is 0 Å². The number of carboxylic acid groups (broad SMARTS) is 1. The van der Waals surface area contributed by atoms with Gasteiger partial charge in [-0.1, -0.05) is 20.8 Å². The molecule has 4 nitrogen and oxygen atoms in total. The predicted octanol–water partition coefficient (Wildman–Crippen LogP) is 1.78. The van der Waals surface area contributed by atoms with Crippen LogP contribution in [0.15, 0.2) is 6.20 Å². The minimum atomic E-state index is -1.03. The van der Waals surface area contributed by atoms with Crippen LogP contribution in [0, 0.1) is 6.92 Å². The summed E-state index contributed by atoms with van der Waals surface area (Å²) < 4.78 is 0. The van der Waals surface area contributed by atoms with Crippen molar-refractivity contribution in [3.05, 3.63) is 23.3 Å². The Labute approximate surface area is 83.0 Å². The maximum atomic E-state index is 10.8. The molecule has 1 aromatic rings. The number of aryl methyl sites for hydroxylation is 1. The molecule has 4 heteroatoms. The van der Waals surface area contributed by atoms with Gasteiger partial charge >= 0.3 is 5.97 Å². The number of rotatable bonds is 1. The fourth-order valence-corrected chi connectivity index (χ4v) is 1.01. The topological polar surface area (TPSA) is 63.1 Å². The van der Waals surface area contributed by atoms with E-state index in [4.69, 9.17) is 5.11 Å². The molecular weight excluding hydrogens is 180 g/mol. The Bertz CT molecular complexity index is 367. The molecule has 1 heterocycles. The van der Waals surface area contributed by atoms with Gasteiger partial charge in [0.15, 0.2) is 5.69 Å². The van der Waals surface area contributed by atoms with Crippen molar-refractivity contribution in [2.45, 2.75) is 33.1 Å². The average Bonchev–Trinajstić information content (AvgIpc) is 2.02. The molecule has 0 aliphatic carbocycles. The second-order valence-corrected chi connectivity index (χ2v) is 4.24. The summed E-state index contributed by atoms with van der Waals surface area (Å²) in [5, 5.41) is 8.85. The Balaban J connectivity index is 3.27. The second-order valence-electron chi connectivity index (χ2n) is 4.24. The van der Waals surface area contributed by atoms with E-state index in [0.717, 1.165) is 0 Å². The number of carboxylic acids is 1. The third kappa shape index (κ3) is 2.07. The molecule has 0 aliphatic heterocycles. The Morgan fingerprint density at radius 3 is 2.43 bits per heavy atom. The Hall–Kier alpha value is -1.45. The minimum absolute atomic E-state index is 0.0393. The summed E-state index contributed by atoms with van der Waals surface area (Å²) in [6, 6.07) is 0. The largest absolute Gasteiger partial charge is 0.476 e. The molecule has 0 saturated carbocycles. The van der Waals surface area contributed by atoms with Crippen molar-refractivity contribution in [1.82, 2.24) is 9.97 Å². The van der Waals surface area contributed by atoms with Crippen LogP contribution in [0.2, 0.25) is 0 Å². The highest BCUT2D eigenvalue weighted by molar-refractivity contribution is 5.86. The number of hydrogen-bond acceptors (Lipinski definition) is 3. The van der Waals surface area contributed by atoms with Crippen LogP contribution in [0.4, 0.5) is 0 Å². The van der Waals surface area contributed by atoms with Crippen LogP contribution in [0.3, 0.4) is 0 Å². The molecule has 0 fully saturated rings. The van der Waals surface area contributed by atoms with Crippen molar-refractivity contribution >= 4 is 5.97 Å². The molecule has 0 aliphatic rings. The van der Waals surface area contributed by atoms with Crippen molar-refractivity contribution < 1.29 is 9.90 Å². The lowest BCUT2D eigenvalue weighted by Crippen LogP contribution is -2.17. The van der Waals surface area contributed by atoms with E-state index in [0.29, 0.717) is 11.4 Å². The third-order valence-corrected chi connectivity index (χ3v) is 1.93. The Morgan fingerprint density at radius 2 is 2.00 bits per heavy atom. The molecule has 0 bridgehead atoms. The zero-order valence-corrected chi connectivity index (χ0v) is 8.83. The summed E-state index contributed by atoms with van der Waals surface area (Å²) in [6.45, 7) is 7.55. The van der Waals surface area contributed by atoms with Gasteiger partial charge in [-0.15, -0.1) is 0 Å². The van der Waals surface area contributed by atoms with Crippen molar-refractivity contribution in [3.63, 3.8) is 0 Å². The summed E-state index contributed by atoms with van der Waals surface area (Å²) >= 11 is 0. The van der Waals surface area contributed by atoms with Gasteiger partial charge in [-0.05, 0) is 6.92 Å². The summed E-state index contributed by atoms with van der Waals surface area (Å²) in [5.41, 5.74) is 1.01. The molecule has 1 N–H and O–H groups in total. The van der Waals surface area contributed by atoms with Crippen LogP contribution < -0.4 is 0 Å². The minimum Gasteiger partial charge on any atom is -0.476 e. The Morgan fingerprint density at radius 1 is 1.43 bits per heavy atom. The SMILES string of the molecule is Cc1ncc(C(C)(C)C)nc1C(=O)O. The molecule has 14 heavy (non-hydrogen) atoms. The van der Waals surface area contributed by atoms with E-state index in [1.165, 1.54) is 0 Å². The number of nitrogens with zero attached hydrogens (tertiary/aromatic N) is 2. The lowest BCUT2D eigenvalue weighted by molar-refractivity contribution is 0.0688. The molecule has 0 saturated heterocycles. The molecule has 76 valence electrons. The summed E-state index contributed by atoms with van der Waals surface area (Å²) in [5.74, 6) is -1.03. The van der Waals surface area contributed by atoms with Gasteiger partial charge in [-0.3, -0.25) is 4.98 Å². The first-order valence-corrected chi connectivity index (χ1v) is 4.40. The maximum absolute atomic E-state index is 10.8. The van der Waals surface area contributed by atoms with E-state index in [-0.39, 0.29) is 11.1 Å². The lowest BCUT2D eigenvalue weighted by Gasteiger charge is -2.17. The standard InChI is InChI=1S/C10H14N2O2/c1-6-8(9(13)14)12-7(5-11-6)10(2,3)4/h5H,1-4H3,(H,13,14). The highest BCUT2D eigenvalue weighted by Crippen LogP contribution is 2.19. The van der Waals surface area contributed by atoms with Crippen LogP contribution in [0.1, 0.15) is 42.6 Å². The van der Waals surface area contributed by atoms with Crippen LogP contribution in [-0.4, -0.2) is 21.0 Å². The predicted molar refractivity (Wildman–Crippen MR) is 52.4 cm³/mol. The fraction of sp³-hybridized carbons (Fsp3) is 0.500. The smallest absolute Gasteiger partial charge is 0.356 e. The monoisotopic (exact) mass is 194 g/mol. The van der Waals surface area contributed by atoms with Gasteiger partial charge in [-0.25, -0.2) is 9.78 Å². The zero-order chi connectivity index (χ0) is 10.9. The van der Waals surface area contributed by atoms with Gasteiger partial charge in [0.2, 0.25) is 0 Å². The number of aromatic carboxylic acids is 1. The van der Waals surface area contributed by atoms with Gasteiger partial charge < -0.3 is 5.11 Å². The van der Waals surface area contributed by atoms with E-state index in [2.05, 4.69) is 9.97 Å². The van der Waals surface area contributed by atoms with E-state index in [1.54, 1.807) is 13.1 Å². The third-order valence-electron chi connectivity index (χ3n) is 1.93. The molecule has 0 amide bonds. The van der Waals surface area contributed by atoms with E-state index in [9.17, 15) is 4.79 Å². The second kappa shape index (κ2) is 3.36. The Kier molecular flexibility index (Phi) is 2.55. The lowest BCUT2D eigenvalue weighted by atomic mass is 9.92. The summed E-state index contributed by atoms with van der Waals surface area (Å²) in [6.07, 6.45) is 1.63. The first kappa shape index (κ1) is 10.6.